The number of ether oxygens (including phenoxy) is 2. The first-order chi connectivity index (χ1) is 20.4. The van der Waals surface area contributed by atoms with Crippen LogP contribution in [0.2, 0.25) is 0 Å². The van der Waals surface area contributed by atoms with Crippen LogP contribution in [-0.2, 0) is 9.53 Å². The molecule has 0 aliphatic carbocycles. The van der Waals surface area contributed by atoms with E-state index < -0.39 is 79.5 Å². The Hall–Kier alpha value is -3.68. The molecule has 3 aromatic rings. The molecule has 2 heterocycles. The number of carbonyl (C=O) groups excluding carboxylic acids is 1. The van der Waals surface area contributed by atoms with Crippen LogP contribution in [0.5, 0.6) is 17.2 Å². The number of hydrogen-bond donors (Lipinski definition) is 11. The minimum absolute atomic E-state index is 0.0258. The Morgan fingerprint density at radius 2 is 1.53 bits per heavy atom. The Kier molecular flexibility index (Phi) is 11.5. The average molecular weight is 613 g/mol. The summed E-state index contributed by atoms with van der Waals surface area (Å²) in [7, 11) is 0. The van der Waals surface area contributed by atoms with E-state index >= 15 is 0 Å². The van der Waals surface area contributed by atoms with Gasteiger partial charge in [0, 0.05) is 0 Å². The second-order valence-electron chi connectivity index (χ2n) is 9.49. The van der Waals surface area contributed by atoms with E-state index in [1.165, 1.54) is 24.3 Å². The lowest BCUT2D eigenvalue weighted by Gasteiger charge is -2.39. The van der Waals surface area contributed by atoms with Crippen molar-refractivity contribution >= 4 is 17.3 Å². The summed E-state index contributed by atoms with van der Waals surface area (Å²) in [6.07, 6.45) is -13.4. The first-order valence-corrected chi connectivity index (χ1v) is 12.7. The fraction of sp³-hybridized carbons (Fsp3) is 0.407. The van der Waals surface area contributed by atoms with E-state index in [-0.39, 0.29) is 34.3 Å². The minimum Gasteiger partial charge on any atom is -0.508 e. The van der Waals surface area contributed by atoms with Gasteiger partial charge in [0.15, 0.2) is 17.6 Å². The van der Waals surface area contributed by atoms with Crippen molar-refractivity contribution in [2.24, 2.45) is 0 Å². The van der Waals surface area contributed by atoms with Crippen LogP contribution in [0.25, 0.3) is 22.1 Å². The van der Waals surface area contributed by atoms with E-state index in [4.69, 9.17) is 39.4 Å². The number of phenols is 2. The third-order valence-electron chi connectivity index (χ3n) is 6.56. The topological polar surface area (TPSA) is 288 Å². The lowest BCUT2D eigenvalue weighted by Crippen LogP contribution is -2.60. The van der Waals surface area contributed by atoms with Gasteiger partial charge in [-0.05, 0) is 29.8 Å². The van der Waals surface area contributed by atoms with Crippen molar-refractivity contribution in [1.29, 1.82) is 0 Å². The molecule has 236 valence electrons. The number of phenolic OH excluding ortho intramolecular Hbond substituents is 2. The smallest absolute Gasteiger partial charge is 0.229 e. The average Bonchev–Trinajstić information content (AvgIpc) is 3.01. The highest BCUT2D eigenvalue weighted by Crippen LogP contribution is 2.37. The fourth-order valence-electron chi connectivity index (χ4n) is 4.02. The molecule has 0 amide bonds. The Bertz CT molecular complexity index is 1410. The van der Waals surface area contributed by atoms with Gasteiger partial charge in [-0.15, -0.1) is 0 Å². The lowest BCUT2D eigenvalue weighted by atomic mass is 9.99. The van der Waals surface area contributed by atoms with Crippen LogP contribution in [0.15, 0.2) is 51.9 Å². The van der Waals surface area contributed by atoms with Gasteiger partial charge < -0.3 is 74.9 Å². The summed E-state index contributed by atoms with van der Waals surface area (Å²) >= 11 is 0. The first kappa shape index (κ1) is 33.8. The van der Waals surface area contributed by atoms with Gasteiger partial charge in [-0.1, -0.05) is 12.1 Å². The van der Waals surface area contributed by atoms with Crippen LogP contribution in [0.3, 0.4) is 0 Å². The number of aromatic hydroxyl groups is 2. The maximum atomic E-state index is 13.0. The van der Waals surface area contributed by atoms with Crippen LogP contribution in [0.1, 0.15) is 0 Å². The monoisotopic (exact) mass is 612 g/mol. The molecule has 43 heavy (non-hydrogen) atoms. The van der Waals surface area contributed by atoms with Crippen molar-refractivity contribution in [2.45, 2.75) is 55.1 Å². The molecule has 1 aliphatic heterocycles. The number of aliphatic hydroxyl groups excluding tert-OH is 9. The number of carbonyl (C=O) groups is 1. The van der Waals surface area contributed by atoms with Crippen molar-refractivity contribution < 1.29 is 74.9 Å². The SMILES string of the molecule is O=C[C@H](O)[C@@H](O)[C@H](O)[C@H](O)CO.O=c1c(-c2ccc(O)cc2)coc2c(O[C@@H]3O[C@H](CO)[C@@H](O)[C@H](O)[C@H]3O)c(O)ccc12. The number of aldehydes is 1. The third kappa shape index (κ3) is 7.46. The van der Waals surface area contributed by atoms with Gasteiger partial charge >= 0.3 is 0 Å². The number of fused-ring (bicyclic) bond motifs is 1. The Morgan fingerprint density at radius 3 is 2.12 bits per heavy atom. The standard InChI is InChI=1S/C21H20O10.C6H12O6/c22-7-14-16(26)17(27)18(28)21(30-14)31-20-13(24)6-5-11-15(25)12(8-29-19(11)20)9-1-3-10(23)4-2-9;7-1-3(9)5(11)6(12)4(10)2-8/h1-6,8,14,16-18,21-24,26-28H,7H2;1,3-6,8-12H,2H2/t14-,16-,17+,18-,21+;3-,4+,5+,6+/m10/s1. The van der Waals surface area contributed by atoms with E-state index in [0.717, 1.165) is 6.26 Å². The van der Waals surface area contributed by atoms with Crippen LogP contribution in [0.4, 0.5) is 0 Å². The van der Waals surface area contributed by atoms with E-state index in [1.807, 2.05) is 0 Å². The summed E-state index contributed by atoms with van der Waals surface area (Å²) in [5.74, 6) is -0.713. The molecule has 0 radical (unpaired) electrons. The maximum absolute atomic E-state index is 13.0. The van der Waals surface area contributed by atoms with Gasteiger partial charge in [0.05, 0.1) is 24.2 Å². The van der Waals surface area contributed by atoms with E-state index in [9.17, 15) is 40.2 Å². The molecule has 1 aromatic heterocycles. The van der Waals surface area contributed by atoms with Crippen molar-refractivity contribution in [1.82, 2.24) is 0 Å². The highest BCUT2D eigenvalue weighted by molar-refractivity contribution is 5.88. The molecule has 0 unspecified atom stereocenters. The second-order valence-corrected chi connectivity index (χ2v) is 9.49. The zero-order valence-electron chi connectivity index (χ0n) is 22.2. The summed E-state index contributed by atoms with van der Waals surface area (Å²) in [6, 6.07) is 8.45. The Morgan fingerprint density at radius 1 is 0.884 bits per heavy atom. The molecule has 9 atom stereocenters. The molecule has 1 saturated heterocycles. The molecular formula is C27H32O16. The van der Waals surface area contributed by atoms with Crippen LogP contribution in [-0.4, -0.2) is 131 Å². The fourth-order valence-corrected chi connectivity index (χ4v) is 4.02. The summed E-state index contributed by atoms with van der Waals surface area (Å²) in [6.45, 7) is -1.42. The van der Waals surface area contributed by atoms with Gasteiger partial charge in [-0.2, -0.15) is 0 Å². The molecule has 4 rings (SSSR count). The van der Waals surface area contributed by atoms with Crippen LogP contribution >= 0.6 is 0 Å². The molecule has 1 aliphatic rings. The molecule has 16 heteroatoms. The first-order valence-electron chi connectivity index (χ1n) is 12.7. The summed E-state index contributed by atoms with van der Waals surface area (Å²) in [5, 5.41) is 103. The second kappa shape index (κ2) is 14.7. The zero-order chi connectivity index (χ0) is 32.0. The molecular weight excluding hydrogens is 580 g/mol. The summed E-state index contributed by atoms with van der Waals surface area (Å²) < 4.78 is 16.3. The van der Waals surface area contributed by atoms with E-state index in [1.54, 1.807) is 12.1 Å². The minimum atomic E-state index is -1.79. The molecule has 0 spiro atoms. The molecule has 1 fully saturated rings. The number of hydrogen-bond acceptors (Lipinski definition) is 16. The lowest BCUT2D eigenvalue weighted by molar-refractivity contribution is -0.277. The number of benzene rings is 2. The highest BCUT2D eigenvalue weighted by atomic mass is 16.7. The van der Waals surface area contributed by atoms with E-state index in [0.29, 0.717) is 5.56 Å². The van der Waals surface area contributed by atoms with Crippen molar-refractivity contribution in [3.8, 4) is 28.4 Å². The molecule has 11 N–H and O–H groups in total. The Labute approximate surface area is 242 Å². The maximum Gasteiger partial charge on any atom is 0.229 e. The molecule has 2 aromatic carbocycles. The number of rotatable bonds is 9. The van der Waals surface area contributed by atoms with Gasteiger partial charge in [-0.25, -0.2) is 0 Å². The molecule has 0 saturated carbocycles. The zero-order valence-corrected chi connectivity index (χ0v) is 22.2. The number of aliphatic hydroxyl groups is 9. The van der Waals surface area contributed by atoms with Crippen molar-refractivity contribution in [2.75, 3.05) is 13.2 Å². The third-order valence-corrected chi connectivity index (χ3v) is 6.56. The Balaban J connectivity index is 0.000000359. The predicted molar refractivity (Wildman–Crippen MR) is 143 cm³/mol. The molecule has 0 bridgehead atoms. The normalized spacial score (nSPS) is 24.7. The van der Waals surface area contributed by atoms with Crippen LogP contribution < -0.4 is 10.2 Å². The van der Waals surface area contributed by atoms with Crippen molar-refractivity contribution in [3.05, 3.63) is 52.9 Å². The van der Waals surface area contributed by atoms with Gasteiger partial charge in [0.2, 0.25) is 17.5 Å². The van der Waals surface area contributed by atoms with Gasteiger partial charge in [0.1, 0.15) is 60.8 Å². The van der Waals surface area contributed by atoms with Crippen LogP contribution in [0, 0.1) is 0 Å². The molecule has 16 nitrogen and oxygen atoms in total. The van der Waals surface area contributed by atoms with Gasteiger partial charge in [-0.3, -0.25) is 4.79 Å². The summed E-state index contributed by atoms with van der Waals surface area (Å²) in [4.78, 5) is 22.9. The quantitative estimate of drug-likeness (QED) is 0.105. The van der Waals surface area contributed by atoms with Crippen molar-refractivity contribution in [3.63, 3.8) is 0 Å². The summed E-state index contributed by atoms with van der Waals surface area (Å²) in [5.41, 5.74) is 0.130. The highest BCUT2D eigenvalue weighted by Gasteiger charge is 2.45. The predicted octanol–water partition coefficient (Wildman–Crippen LogP) is -3.33. The van der Waals surface area contributed by atoms with Gasteiger partial charge in [0.25, 0.3) is 0 Å². The largest absolute Gasteiger partial charge is 0.508 e. The van der Waals surface area contributed by atoms with E-state index in [2.05, 4.69) is 0 Å².